The summed E-state index contributed by atoms with van der Waals surface area (Å²) in [6.45, 7) is 1.85. The molecule has 1 aromatic carbocycles. The van der Waals surface area contributed by atoms with Gasteiger partial charge in [0.1, 0.15) is 24.5 Å². The van der Waals surface area contributed by atoms with Gasteiger partial charge in [0.05, 0.1) is 31.0 Å². The summed E-state index contributed by atoms with van der Waals surface area (Å²) in [5.74, 6) is -1.07. The second-order valence-corrected chi connectivity index (χ2v) is 7.24. The SMILES string of the molecule is CC(=O)OCC(=O)N1CCN(c2ccc(N3CC(CNc4ccon4)OC3=O)cc2F)C=N1. The number of nitrogens with zero attached hydrogens (tertiary/aromatic N) is 5. The predicted molar refractivity (Wildman–Crippen MR) is 113 cm³/mol. The summed E-state index contributed by atoms with van der Waals surface area (Å²) >= 11 is 0. The van der Waals surface area contributed by atoms with E-state index in [1.807, 2.05) is 0 Å². The number of rotatable bonds is 7. The smallest absolute Gasteiger partial charge is 0.414 e. The molecule has 1 saturated heterocycles. The van der Waals surface area contributed by atoms with E-state index in [2.05, 4.69) is 20.3 Å². The monoisotopic (exact) mass is 460 g/mol. The van der Waals surface area contributed by atoms with Crippen LogP contribution >= 0.6 is 0 Å². The summed E-state index contributed by atoms with van der Waals surface area (Å²) in [6.07, 6.45) is 1.73. The molecule has 0 radical (unpaired) electrons. The van der Waals surface area contributed by atoms with Crippen LogP contribution < -0.4 is 15.1 Å². The van der Waals surface area contributed by atoms with Crippen LogP contribution in [-0.4, -0.2) is 73.4 Å². The maximum absolute atomic E-state index is 14.9. The van der Waals surface area contributed by atoms with Gasteiger partial charge in [0.25, 0.3) is 5.91 Å². The minimum Gasteiger partial charge on any atom is -0.456 e. The zero-order valence-electron chi connectivity index (χ0n) is 17.6. The molecule has 4 rings (SSSR count). The van der Waals surface area contributed by atoms with Crippen molar-refractivity contribution in [2.45, 2.75) is 13.0 Å². The second-order valence-electron chi connectivity index (χ2n) is 7.24. The fourth-order valence-electron chi connectivity index (χ4n) is 3.31. The molecule has 1 N–H and O–H groups in total. The Hall–Kier alpha value is -4.16. The molecule has 2 amide bonds. The number of anilines is 3. The summed E-state index contributed by atoms with van der Waals surface area (Å²) in [5, 5.41) is 11.9. The average Bonchev–Trinajstić information content (AvgIpc) is 3.45. The van der Waals surface area contributed by atoms with Crippen molar-refractivity contribution in [2.75, 3.05) is 47.9 Å². The molecular weight excluding hydrogens is 439 g/mol. The number of benzene rings is 1. The fourth-order valence-corrected chi connectivity index (χ4v) is 3.31. The molecule has 1 unspecified atom stereocenters. The van der Waals surface area contributed by atoms with Crippen LogP contribution in [0.15, 0.2) is 40.2 Å². The van der Waals surface area contributed by atoms with Crippen LogP contribution in [0.1, 0.15) is 6.92 Å². The Balaban J connectivity index is 1.36. The Bertz CT molecular complexity index is 1060. The van der Waals surface area contributed by atoms with E-state index in [1.54, 1.807) is 17.0 Å². The van der Waals surface area contributed by atoms with Gasteiger partial charge < -0.3 is 24.2 Å². The van der Waals surface area contributed by atoms with Gasteiger partial charge in [-0.25, -0.2) is 14.2 Å². The lowest BCUT2D eigenvalue weighted by atomic mass is 10.2. The number of esters is 1. The Kier molecular flexibility index (Phi) is 6.38. The van der Waals surface area contributed by atoms with E-state index in [1.165, 1.54) is 36.6 Å². The molecule has 3 heterocycles. The number of ether oxygens (including phenoxy) is 2. The van der Waals surface area contributed by atoms with Crippen molar-refractivity contribution in [3.63, 3.8) is 0 Å². The van der Waals surface area contributed by atoms with Gasteiger partial charge in [-0.05, 0) is 18.2 Å². The van der Waals surface area contributed by atoms with E-state index in [-0.39, 0.29) is 25.3 Å². The van der Waals surface area contributed by atoms with Gasteiger partial charge in [-0.1, -0.05) is 5.16 Å². The van der Waals surface area contributed by atoms with Crippen molar-refractivity contribution in [3.8, 4) is 0 Å². The normalized spacial score (nSPS) is 17.8. The first-order valence-corrected chi connectivity index (χ1v) is 10.1. The average molecular weight is 460 g/mol. The predicted octanol–water partition coefficient (Wildman–Crippen LogP) is 1.41. The largest absolute Gasteiger partial charge is 0.456 e. The summed E-state index contributed by atoms with van der Waals surface area (Å²) in [6, 6.07) is 6.03. The first-order valence-electron chi connectivity index (χ1n) is 10.1. The molecule has 2 aliphatic rings. The zero-order valence-corrected chi connectivity index (χ0v) is 17.6. The molecule has 174 valence electrons. The Morgan fingerprint density at radius 2 is 2.15 bits per heavy atom. The molecule has 0 saturated carbocycles. The number of carbonyl (C=O) groups excluding carboxylic acids is 3. The van der Waals surface area contributed by atoms with Gasteiger partial charge in [0.15, 0.2) is 12.4 Å². The van der Waals surface area contributed by atoms with Crippen LogP contribution in [0, 0.1) is 5.82 Å². The van der Waals surface area contributed by atoms with Crippen molar-refractivity contribution in [1.82, 2.24) is 10.2 Å². The molecule has 0 spiro atoms. The standard InChI is InChI=1S/C20H21FN6O6/c1-13(28)31-11-19(29)27-6-5-25(12-23-27)17-3-2-14(8-16(17)21)26-10-15(33-20(26)30)9-22-18-4-7-32-24-18/h2-4,7-8,12,15H,5-6,9-11H2,1H3,(H,22,24). The number of amides is 2. The molecule has 12 nitrogen and oxygen atoms in total. The van der Waals surface area contributed by atoms with E-state index in [9.17, 15) is 18.8 Å². The van der Waals surface area contributed by atoms with Crippen molar-refractivity contribution < 1.29 is 32.8 Å². The quantitative estimate of drug-likeness (QED) is 0.610. The third-order valence-electron chi connectivity index (χ3n) is 4.95. The molecule has 2 aliphatic heterocycles. The topological polar surface area (TPSA) is 130 Å². The van der Waals surface area contributed by atoms with E-state index in [0.29, 0.717) is 18.1 Å². The molecule has 33 heavy (non-hydrogen) atoms. The van der Waals surface area contributed by atoms with Crippen molar-refractivity contribution in [1.29, 1.82) is 0 Å². The van der Waals surface area contributed by atoms with Crippen LogP contribution in [0.4, 0.5) is 26.4 Å². The lowest BCUT2D eigenvalue weighted by Gasteiger charge is -2.29. The van der Waals surface area contributed by atoms with Gasteiger partial charge in [0, 0.05) is 19.5 Å². The first-order chi connectivity index (χ1) is 15.9. The highest BCUT2D eigenvalue weighted by molar-refractivity contribution is 5.91. The summed E-state index contributed by atoms with van der Waals surface area (Å²) in [7, 11) is 0. The molecule has 1 atom stereocenters. The number of cyclic esters (lactones) is 1. The van der Waals surface area contributed by atoms with E-state index in [4.69, 9.17) is 9.26 Å². The van der Waals surface area contributed by atoms with Crippen molar-refractivity contribution >= 4 is 41.5 Å². The minimum absolute atomic E-state index is 0.191. The Labute approximate surface area is 187 Å². The maximum atomic E-state index is 14.9. The molecule has 2 aromatic rings. The third-order valence-corrected chi connectivity index (χ3v) is 4.95. The summed E-state index contributed by atoms with van der Waals surface area (Å²) < 4.78 is 29.6. The lowest BCUT2D eigenvalue weighted by molar-refractivity contribution is -0.150. The number of carbonyl (C=O) groups is 3. The summed E-state index contributed by atoms with van der Waals surface area (Å²) in [5.41, 5.74) is 0.601. The van der Waals surface area contributed by atoms with Gasteiger partial charge in [-0.3, -0.25) is 14.5 Å². The Morgan fingerprint density at radius 1 is 1.30 bits per heavy atom. The molecule has 1 fully saturated rings. The van der Waals surface area contributed by atoms with Crippen LogP contribution in [-0.2, 0) is 19.1 Å². The number of hydrogen-bond acceptors (Lipinski definition) is 10. The van der Waals surface area contributed by atoms with Crippen molar-refractivity contribution in [2.24, 2.45) is 5.10 Å². The number of hydrazone groups is 1. The highest BCUT2D eigenvalue weighted by Gasteiger charge is 2.33. The number of nitrogens with one attached hydrogen (secondary N) is 1. The molecular formula is C20H21FN6O6. The number of halogens is 1. The molecule has 1 aromatic heterocycles. The van der Waals surface area contributed by atoms with Gasteiger partial charge in [-0.2, -0.15) is 5.10 Å². The van der Waals surface area contributed by atoms with Crippen LogP contribution in [0.25, 0.3) is 0 Å². The van der Waals surface area contributed by atoms with Gasteiger partial charge in [-0.15, -0.1) is 0 Å². The van der Waals surface area contributed by atoms with Crippen LogP contribution in [0.2, 0.25) is 0 Å². The van der Waals surface area contributed by atoms with E-state index in [0.717, 1.165) is 5.01 Å². The zero-order chi connectivity index (χ0) is 23.4. The lowest BCUT2D eigenvalue weighted by Crippen LogP contribution is -2.42. The van der Waals surface area contributed by atoms with Crippen LogP contribution in [0.3, 0.4) is 0 Å². The van der Waals surface area contributed by atoms with Crippen molar-refractivity contribution in [3.05, 3.63) is 36.3 Å². The Morgan fingerprint density at radius 3 is 2.82 bits per heavy atom. The number of hydrogen-bond donors (Lipinski definition) is 1. The first kappa shape index (κ1) is 22.0. The number of aromatic nitrogens is 1. The third kappa shape index (κ3) is 5.19. The fraction of sp³-hybridized carbons (Fsp3) is 0.350. The van der Waals surface area contributed by atoms with Crippen LogP contribution in [0.5, 0.6) is 0 Å². The highest BCUT2D eigenvalue weighted by atomic mass is 19.1. The second kappa shape index (κ2) is 9.54. The highest BCUT2D eigenvalue weighted by Crippen LogP contribution is 2.28. The van der Waals surface area contributed by atoms with Gasteiger partial charge >= 0.3 is 12.1 Å². The van der Waals surface area contributed by atoms with E-state index < -0.39 is 36.5 Å². The minimum atomic E-state index is -0.574. The van der Waals surface area contributed by atoms with E-state index >= 15 is 0 Å². The summed E-state index contributed by atoms with van der Waals surface area (Å²) in [4.78, 5) is 37.9. The molecule has 13 heteroatoms. The maximum Gasteiger partial charge on any atom is 0.414 e. The van der Waals surface area contributed by atoms with Gasteiger partial charge in [0.2, 0.25) is 0 Å². The molecule has 0 aliphatic carbocycles. The molecule has 0 bridgehead atoms.